The number of hydrogen-bond acceptors (Lipinski definition) is 3. The minimum atomic E-state index is -0.971. The summed E-state index contributed by atoms with van der Waals surface area (Å²) in [5, 5.41) is 11.5. The second-order valence-corrected chi connectivity index (χ2v) is 5.05. The van der Waals surface area contributed by atoms with E-state index in [1.165, 1.54) is 6.08 Å². The second-order valence-electron chi connectivity index (χ2n) is 5.05. The fourth-order valence-electron chi connectivity index (χ4n) is 2.20. The van der Waals surface area contributed by atoms with Gasteiger partial charge in [0.2, 0.25) is 5.91 Å². The van der Waals surface area contributed by atoms with Gasteiger partial charge in [0.25, 0.3) is 0 Å². The zero-order valence-corrected chi connectivity index (χ0v) is 11.7. The zero-order valence-electron chi connectivity index (χ0n) is 11.7. The quantitative estimate of drug-likeness (QED) is 0.811. The van der Waals surface area contributed by atoms with Crippen LogP contribution in [0.1, 0.15) is 24.0 Å². The third kappa shape index (κ3) is 5.04. The molecule has 1 saturated heterocycles. The maximum absolute atomic E-state index is 11.9. The van der Waals surface area contributed by atoms with Gasteiger partial charge in [0.05, 0.1) is 12.5 Å². The molecule has 0 aliphatic carbocycles. The maximum Gasteiger partial charge on any atom is 0.328 e. The van der Waals surface area contributed by atoms with E-state index in [1.807, 2.05) is 24.3 Å². The third-order valence-corrected chi connectivity index (χ3v) is 3.40. The maximum atomic E-state index is 11.9. The Labute approximate surface area is 123 Å². The Kier molecular flexibility index (Phi) is 5.51. The Hall–Kier alpha value is -2.14. The van der Waals surface area contributed by atoms with Crippen LogP contribution in [0.25, 0.3) is 6.08 Å². The number of rotatable bonds is 5. The van der Waals surface area contributed by atoms with Crippen molar-refractivity contribution in [3.8, 4) is 0 Å². The number of benzene rings is 1. The second kappa shape index (κ2) is 7.59. The van der Waals surface area contributed by atoms with E-state index < -0.39 is 5.97 Å². The lowest BCUT2D eigenvalue weighted by Crippen LogP contribution is -2.35. The Balaban J connectivity index is 1.83. The molecule has 0 saturated carbocycles. The highest BCUT2D eigenvalue weighted by molar-refractivity contribution is 5.85. The van der Waals surface area contributed by atoms with E-state index in [0.717, 1.165) is 36.7 Å². The zero-order chi connectivity index (χ0) is 15.1. The summed E-state index contributed by atoms with van der Waals surface area (Å²) < 4.78 is 5.30. The molecule has 1 amide bonds. The van der Waals surface area contributed by atoms with E-state index in [0.29, 0.717) is 13.2 Å². The summed E-state index contributed by atoms with van der Waals surface area (Å²) in [4.78, 5) is 22.4. The third-order valence-electron chi connectivity index (χ3n) is 3.40. The molecular weight excluding hydrogens is 270 g/mol. The number of hydrogen-bond donors (Lipinski definition) is 2. The highest BCUT2D eigenvalue weighted by Crippen LogP contribution is 2.14. The largest absolute Gasteiger partial charge is 0.478 e. The minimum absolute atomic E-state index is 0.0320. The van der Waals surface area contributed by atoms with Crippen molar-refractivity contribution >= 4 is 18.0 Å². The van der Waals surface area contributed by atoms with Crippen LogP contribution >= 0.6 is 0 Å². The van der Waals surface area contributed by atoms with Crippen LogP contribution in [-0.2, 0) is 20.9 Å². The molecular formula is C16H19NO4. The summed E-state index contributed by atoms with van der Waals surface area (Å²) >= 11 is 0. The van der Waals surface area contributed by atoms with Gasteiger partial charge >= 0.3 is 5.97 Å². The van der Waals surface area contributed by atoms with Gasteiger partial charge in [-0.2, -0.15) is 0 Å². The Bertz CT molecular complexity index is 516. The number of ether oxygens (including phenoxy) is 1. The molecule has 1 aliphatic heterocycles. The minimum Gasteiger partial charge on any atom is -0.478 e. The van der Waals surface area contributed by atoms with Crippen molar-refractivity contribution in [2.45, 2.75) is 19.4 Å². The van der Waals surface area contributed by atoms with Gasteiger partial charge in [-0.05, 0) is 30.0 Å². The molecule has 5 heteroatoms. The van der Waals surface area contributed by atoms with Gasteiger partial charge in [-0.3, -0.25) is 4.79 Å². The van der Waals surface area contributed by atoms with E-state index in [-0.39, 0.29) is 11.8 Å². The van der Waals surface area contributed by atoms with E-state index in [4.69, 9.17) is 9.84 Å². The Morgan fingerprint density at radius 1 is 1.33 bits per heavy atom. The molecule has 1 aromatic carbocycles. The molecule has 1 fully saturated rings. The van der Waals surface area contributed by atoms with Gasteiger partial charge in [-0.1, -0.05) is 24.3 Å². The summed E-state index contributed by atoms with van der Waals surface area (Å²) in [5.41, 5.74) is 1.79. The fraction of sp³-hybridized carbons (Fsp3) is 0.375. The van der Waals surface area contributed by atoms with Crippen molar-refractivity contribution in [3.63, 3.8) is 0 Å². The van der Waals surface area contributed by atoms with Crippen molar-refractivity contribution in [2.24, 2.45) is 5.92 Å². The van der Waals surface area contributed by atoms with Crippen LogP contribution in [0, 0.1) is 5.92 Å². The molecule has 1 aliphatic rings. The molecule has 5 nitrogen and oxygen atoms in total. The Morgan fingerprint density at radius 3 is 2.71 bits per heavy atom. The van der Waals surface area contributed by atoms with Gasteiger partial charge in [0.1, 0.15) is 0 Å². The van der Waals surface area contributed by atoms with Crippen LogP contribution in [0.4, 0.5) is 0 Å². The summed E-state index contributed by atoms with van der Waals surface area (Å²) in [7, 11) is 0. The first-order chi connectivity index (χ1) is 10.1. The van der Waals surface area contributed by atoms with Crippen LogP contribution in [0.15, 0.2) is 30.3 Å². The summed E-state index contributed by atoms with van der Waals surface area (Å²) in [6, 6.07) is 7.40. The van der Waals surface area contributed by atoms with E-state index in [9.17, 15) is 9.59 Å². The molecule has 0 spiro atoms. The molecule has 2 N–H and O–H groups in total. The van der Waals surface area contributed by atoms with Crippen LogP contribution in [0.3, 0.4) is 0 Å². The highest BCUT2D eigenvalue weighted by Gasteiger charge is 2.21. The van der Waals surface area contributed by atoms with Crippen molar-refractivity contribution in [2.75, 3.05) is 13.2 Å². The van der Waals surface area contributed by atoms with Crippen LogP contribution < -0.4 is 5.32 Å². The number of carboxylic acids is 1. The van der Waals surface area contributed by atoms with Gasteiger partial charge in [-0.25, -0.2) is 4.79 Å². The van der Waals surface area contributed by atoms with E-state index >= 15 is 0 Å². The first kappa shape index (κ1) is 15.3. The van der Waals surface area contributed by atoms with Crippen LogP contribution in [-0.4, -0.2) is 30.2 Å². The van der Waals surface area contributed by atoms with Gasteiger partial charge < -0.3 is 15.2 Å². The van der Waals surface area contributed by atoms with Crippen LogP contribution in [0.5, 0.6) is 0 Å². The smallest absolute Gasteiger partial charge is 0.328 e. The van der Waals surface area contributed by atoms with Crippen molar-refractivity contribution < 1.29 is 19.4 Å². The molecule has 1 unspecified atom stereocenters. The van der Waals surface area contributed by atoms with Gasteiger partial charge in [0.15, 0.2) is 0 Å². The first-order valence-corrected chi connectivity index (χ1v) is 7.00. The number of carbonyl (C=O) groups is 2. The average Bonchev–Trinajstić information content (AvgIpc) is 2.52. The first-order valence-electron chi connectivity index (χ1n) is 7.00. The molecule has 1 aromatic rings. The predicted molar refractivity (Wildman–Crippen MR) is 78.5 cm³/mol. The van der Waals surface area contributed by atoms with E-state index in [1.54, 1.807) is 0 Å². The molecule has 112 valence electrons. The molecule has 0 bridgehead atoms. The number of amides is 1. The number of nitrogens with one attached hydrogen (secondary N) is 1. The SMILES string of the molecule is O=C(O)C=Cc1ccc(CNC(=O)C2CCCOC2)cc1. The van der Waals surface area contributed by atoms with Gasteiger partial charge in [0, 0.05) is 19.2 Å². The van der Waals surface area contributed by atoms with Crippen molar-refractivity contribution in [3.05, 3.63) is 41.5 Å². The van der Waals surface area contributed by atoms with Crippen molar-refractivity contribution in [1.29, 1.82) is 0 Å². The van der Waals surface area contributed by atoms with E-state index in [2.05, 4.69) is 5.32 Å². The summed E-state index contributed by atoms with van der Waals surface area (Å²) in [5.74, 6) is -0.984. The number of carbonyl (C=O) groups excluding carboxylic acids is 1. The topological polar surface area (TPSA) is 75.6 Å². The monoisotopic (exact) mass is 289 g/mol. The lowest BCUT2D eigenvalue weighted by molar-refractivity contribution is -0.131. The molecule has 1 atom stereocenters. The molecule has 0 aromatic heterocycles. The normalized spacial score (nSPS) is 18.6. The van der Waals surface area contributed by atoms with Crippen LogP contribution in [0.2, 0.25) is 0 Å². The Morgan fingerprint density at radius 2 is 2.10 bits per heavy atom. The lowest BCUT2D eigenvalue weighted by Gasteiger charge is -2.21. The molecule has 21 heavy (non-hydrogen) atoms. The van der Waals surface area contributed by atoms with Gasteiger partial charge in [-0.15, -0.1) is 0 Å². The predicted octanol–water partition coefficient (Wildman–Crippen LogP) is 1.83. The molecule has 2 rings (SSSR count). The standard InChI is InChI=1S/C16H19NO4/c18-15(19)8-7-12-3-5-13(6-4-12)10-17-16(20)14-2-1-9-21-11-14/h3-8,14H,1-2,9-11H2,(H,17,20)(H,18,19). The average molecular weight is 289 g/mol. The highest BCUT2D eigenvalue weighted by atomic mass is 16.5. The summed E-state index contributed by atoms with van der Waals surface area (Å²) in [6.45, 7) is 1.72. The molecule has 1 heterocycles. The van der Waals surface area contributed by atoms with Crippen molar-refractivity contribution in [1.82, 2.24) is 5.32 Å². The number of carboxylic acid groups (broad SMARTS) is 1. The molecule has 0 radical (unpaired) electrons. The lowest BCUT2D eigenvalue weighted by atomic mass is 10.0. The fourth-order valence-corrected chi connectivity index (χ4v) is 2.20. The summed E-state index contributed by atoms with van der Waals surface area (Å²) in [6.07, 6.45) is 4.44. The number of aliphatic carboxylic acids is 1.